The minimum Gasteiger partial charge on any atom is -0.443 e. The van der Waals surface area contributed by atoms with Crippen LogP contribution in [0.3, 0.4) is 0 Å². The Morgan fingerprint density at radius 2 is 2.06 bits per heavy atom. The van der Waals surface area contributed by atoms with Gasteiger partial charge in [-0.15, -0.1) is 0 Å². The number of anilines is 1. The summed E-state index contributed by atoms with van der Waals surface area (Å²) in [5, 5.41) is 0. The van der Waals surface area contributed by atoms with Crippen LogP contribution in [0.5, 0.6) is 0 Å². The van der Waals surface area contributed by atoms with Crippen LogP contribution >= 0.6 is 0 Å². The Hall–Kier alpha value is -1.55. The van der Waals surface area contributed by atoms with Gasteiger partial charge in [0.05, 0.1) is 6.54 Å². The fourth-order valence-electron chi connectivity index (χ4n) is 1.89. The maximum atomic E-state index is 11.6. The molecule has 1 aliphatic heterocycles. The molecule has 1 amide bonds. The van der Waals surface area contributed by atoms with Crippen molar-refractivity contribution in [1.82, 2.24) is 0 Å². The number of nitrogens with zero attached hydrogens (tertiary/aromatic N) is 1. The second-order valence-electron chi connectivity index (χ2n) is 4.60. The second kappa shape index (κ2) is 4.75. The van der Waals surface area contributed by atoms with E-state index in [1.807, 2.05) is 24.3 Å². The summed E-state index contributed by atoms with van der Waals surface area (Å²) in [6, 6.07) is 8.00. The number of carbonyl (C=O) groups excluding carboxylic acids is 1. The summed E-state index contributed by atoms with van der Waals surface area (Å²) in [7, 11) is 0. The van der Waals surface area contributed by atoms with E-state index in [2.05, 4.69) is 13.8 Å². The molecule has 0 spiro atoms. The number of amides is 1. The lowest BCUT2D eigenvalue weighted by Gasteiger charge is -2.14. The van der Waals surface area contributed by atoms with Crippen LogP contribution in [0.15, 0.2) is 24.3 Å². The van der Waals surface area contributed by atoms with Crippen molar-refractivity contribution in [3.05, 3.63) is 29.8 Å². The molecular formula is C13H18N2O2. The Kier molecular flexibility index (Phi) is 3.33. The first-order valence-electron chi connectivity index (χ1n) is 5.90. The Labute approximate surface area is 101 Å². The lowest BCUT2D eigenvalue weighted by atomic mass is 10.0. The highest BCUT2D eigenvalue weighted by atomic mass is 16.6. The summed E-state index contributed by atoms with van der Waals surface area (Å²) >= 11 is 0. The topological polar surface area (TPSA) is 55.6 Å². The lowest BCUT2D eigenvalue weighted by molar-refractivity contribution is 0.145. The Morgan fingerprint density at radius 1 is 1.41 bits per heavy atom. The molecule has 1 atom stereocenters. The quantitative estimate of drug-likeness (QED) is 0.871. The van der Waals surface area contributed by atoms with Crippen LogP contribution in [0.25, 0.3) is 0 Å². The fraction of sp³-hybridized carbons (Fsp3) is 0.462. The average Bonchev–Trinajstić information content (AvgIpc) is 2.71. The highest BCUT2D eigenvalue weighted by Crippen LogP contribution is 2.23. The first kappa shape index (κ1) is 11.9. The van der Waals surface area contributed by atoms with Crippen LogP contribution < -0.4 is 10.6 Å². The SMILES string of the molecule is CC(C)c1ccc(N2CC(CN)OC2=O)cc1. The molecule has 1 aromatic rings. The number of hydrogen-bond donors (Lipinski definition) is 1. The van der Waals surface area contributed by atoms with E-state index < -0.39 is 0 Å². The van der Waals surface area contributed by atoms with Crippen molar-refractivity contribution >= 4 is 11.8 Å². The van der Waals surface area contributed by atoms with Crippen LogP contribution in [0, 0.1) is 0 Å². The standard InChI is InChI=1S/C13H18N2O2/c1-9(2)10-3-5-11(6-4-10)15-8-12(7-14)17-13(15)16/h3-6,9,12H,7-8,14H2,1-2H3. The van der Waals surface area contributed by atoms with E-state index in [9.17, 15) is 4.79 Å². The minimum atomic E-state index is -0.308. The van der Waals surface area contributed by atoms with Crippen molar-refractivity contribution < 1.29 is 9.53 Å². The van der Waals surface area contributed by atoms with Gasteiger partial charge in [0.1, 0.15) is 6.10 Å². The monoisotopic (exact) mass is 234 g/mol. The summed E-state index contributed by atoms with van der Waals surface area (Å²) < 4.78 is 5.12. The highest BCUT2D eigenvalue weighted by Gasteiger charge is 2.31. The molecule has 92 valence electrons. The smallest absolute Gasteiger partial charge is 0.414 e. The number of nitrogens with two attached hydrogens (primary N) is 1. The molecule has 1 fully saturated rings. The van der Waals surface area contributed by atoms with E-state index in [1.54, 1.807) is 4.90 Å². The van der Waals surface area contributed by atoms with Crippen LogP contribution in [0.2, 0.25) is 0 Å². The molecule has 0 aliphatic carbocycles. The van der Waals surface area contributed by atoms with Crippen LogP contribution in [-0.2, 0) is 4.74 Å². The molecule has 1 aliphatic rings. The van der Waals surface area contributed by atoms with Gasteiger partial charge < -0.3 is 10.5 Å². The zero-order valence-electron chi connectivity index (χ0n) is 10.2. The predicted molar refractivity (Wildman–Crippen MR) is 67.2 cm³/mol. The molecule has 0 bridgehead atoms. The van der Waals surface area contributed by atoms with Gasteiger partial charge in [0.15, 0.2) is 0 Å². The van der Waals surface area contributed by atoms with Gasteiger partial charge in [-0.25, -0.2) is 4.79 Å². The van der Waals surface area contributed by atoms with E-state index in [4.69, 9.17) is 10.5 Å². The lowest BCUT2D eigenvalue weighted by Crippen LogP contribution is -2.27. The van der Waals surface area contributed by atoms with Gasteiger partial charge in [-0.3, -0.25) is 4.90 Å². The molecule has 0 radical (unpaired) electrons. The number of benzene rings is 1. The van der Waals surface area contributed by atoms with Crippen LogP contribution in [0.4, 0.5) is 10.5 Å². The summed E-state index contributed by atoms with van der Waals surface area (Å²) in [5.41, 5.74) is 7.63. The molecule has 2 rings (SSSR count). The molecule has 2 N–H and O–H groups in total. The summed E-state index contributed by atoms with van der Waals surface area (Å²) in [6.07, 6.45) is -0.495. The normalized spacial score (nSPS) is 19.9. The van der Waals surface area contributed by atoms with Crippen molar-refractivity contribution in [2.45, 2.75) is 25.9 Å². The minimum absolute atomic E-state index is 0.188. The van der Waals surface area contributed by atoms with Crippen LogP contribution in [0.1, 0.15) is 25.3 Å². The van der Waals surface area contributed by atoms with Gasteiger partial charge in [0.2, 0.25) is 0 Å². The number of hydrogen-bond acceptors (Lipinski definition) is 3. The van der Waals surface area contributed by atoms with Crippen molar-refractivity contribution in [1.29, 1.82) is 0 Å². The van der Waals surface area contributed by atoms with Gasteiger partial charge in [0, 0.05) is 12.2 Å². The van der Waals surface area contributed by atoms with Gasteiger partial charge in [0.25, 0.3) is 0 Å². The molecule has 4 heteroatoms. The zero-order chi connectivity index (χ0) is 12.4. The van der Waals surface area contributed by atoms with E-state index in [1.165, 1.54) is 5.56 Å². The average molecular weight is 234 g/mol. The molecule has 17 heavy (non-hydrogen) atoms. The number of carbonyl (C=O) groups is 1. The van der Waals surface area contributed by atoms with Crippen molar-refractivity contribution in [2.24, 2.45) is 5.73 Å². The van der Waals surface area contributed by atoms with E-state index in [0.29, 0.717) is 19.0 Å². The molecule has 0 saturated carbocycles. The highest BCUT2D eigenvalue weighted by molar-refractivity contribution is 5.89. The Balaban J connectivity index is 2.15. The van der Waals surface area contributed by atoms with Crippen LogP contribution in [-0.4, -0.2) is 25.3 Å². The van der Waals surface area contributed by atoms with Gasteiger partial charge in [-0.1, -0.05) is 26.0 Å². The first-order chi connectivity index (χ1) is 8.11. The van der Waals surface area contributed by atoms with E-state index in [0.717, 1.165) is 5.69 Å². The Morgan fingerprint density at radius 3 is 2.53 bits per heavy atom. The molecule has 1 saturated heterocycles. The van der Waals surface area contributed by atoms with E-state index in [-0.39, 0.29) is 12.2 Å². The molecular weight excluding hydrogens is 216 g/mol. The van der Waals surface area contributed by atoms with Gasteiger partial charge in [-0.2, -0.15) is 0 Å². The Bertz CT molecular complexity index is 400. The van der Waals surface area contributed by atoms with Crippen molar-refractivity contribution in [3.63, 3.8) is 0 Å². The van der Waals surface area contributed by atoms with E-state index >= 15 is 0 Å². The maximum absolute atomic E-state index is 11.6. The second-order valence-corrected chi connectivity index (χ2v) is 4.60. The summed E-state index contributed by atoms with van der Waals surface area (Å²) in [6.45, 7) is 5.19. The molecule has 1 aromatic carbocycles. The summed E-state index contributed by atoms with van der Waals surface area (Å²) in [4.78, 5) is 13.2. The third-order valence-corrected chi connectivity index (χ3v) is 3.01. The fourth-order valence-corrected chi connectivity index (χ4v) is 1.89. The largest absolute Gasteiger partial charge is 0.443 e. The third kappa shape index (κ3) is 2.42. The zero-order valence-corrected chi connectivity index (χ0v) is 10.2. The van der Waals surface area contributed by atoms with Gasteiger partial charge in [-0.05, 0) is 23.6 Å². The third-order valence-electron chi connectivity index (χ3n) is 3.01. The summed E-state index contributed by atoms with van der Waals surface area (Å²) in [5.74, 6) is 0.492. The predicted octanol–water partition coefficient (Wildman–Crippen LogP) is 2.09. The molecule has 0 aromatic heterocycles. The molecule has 1 heterocycles. The maximum Gasteiger partial charge on any atom is 0.414 e. The van der Waals surface area contributed by atoms with Gasteiger partial charge >= 0.3 is 6.09 Å². The first-order valence-corrected chi connectivity index (χ1v) is 5.90. The van der Waals surface area contributed by atoms with Crippen molar-refractivity contribution in [3.8, 4) is 0 Å². The molecule has 1 unspecified atom stereocenters. The molecule has 4 nitrogen and oxygen atoms in total. The number of rotatable bonds is 3. The number of cyclic esters (lactones) is 1. The van der Waals surface area contributed by atoms with Crippen molar-refractivity contribution in [2.75, 3.05) is 18.0 Å². The number of ether oxygens (including phenoxy) is 1.